The van der Waals surface area contributed by atoms with Crippen LogP contribution in [0.3, 0.4) is 0 Å². The molecular weight excluding hydrogens is 288 g/mol. The van der Waals surface area contributed by atoms with Crippen molar-refractivity contribution in [3.63, 3.8) is 0 Å². The van der Waals surface area contributed by atoms with Gasteiger partial charge in [-0.2, -0.15) is 0 Å². The molecule has 0 aliphatic carbocycles. The number of hydrogen-bond donors (Lipinski definition) is 2. The highest BCUT2D eigenvalue weighted by molar-refractivity contribution is 5.88. The number of carbonyl (C=O) groups excluding carboxylic acids is 1. The van der Waals surface area contributed by atoms with Crippen LogP contribution >= 0.6 is 0 Å². The Morgan fingerprint density at radius 3 is 2.35 bits per heavy atom. The van der Waals surface area contributed by atoms with Crippen LogP contribution in [0.4, 0.5) is 0 Å². The summed E-state index contributed by atoms with van der Waals surface area (Å²) in [7, 11) is 0. The van der Waals surface area contributed by atoms with Gasteiger partial charge >= 0.3 is 0 Å². The molecule has 0 spiro atoms. The van der Waals surface area contributed by atoms with Gasteiger partial charge in [-0.05, 0) is 83.6 Å². The number of rotatable bonds is 3. The SMILES string of the molecule is O=C1N(C2CCNC2)CCCC1(C1CCNCC1)N1CCCC1. The first-order valence-electron chi connectivity index (χ1n) is 9.80. The van der Waals surface area contributed by atoms with Crippen LogP contribution in [-0.4, -0.2) is 73.1 Å². The van der Waals surface area contributed by atoms with Gasteiger partial charge in [0.25, 0.3) is 0 Å². The van der Waals surface area contributed by atoms with Gasteiger partial charge in [0, 0.05) is 19.1 Å². The predicted molar refractivity (Wildman–Crippen MR) is 91.4 cm³/mol. The molecule has 4 rings (SSSR count). The minimum absolute atomic E-state index is 0.181. The minimum Gasteiger partial charge on any atom is -0.337 e. The second-order valence-electron chi connectivity index (χ2n) is 7.89. The highest BCUT2D eigenvalue weighted by atomic mass is 16.2. The Hall–Kier alpha value is -0.650. The van der Waals surface area contributed by atoms with Crippen molar-refractivity contribution in [3.8, 4) is 0 Å². The maximum atomic E-state index is 13.8. The molecule has 4 saturated heterocycles. The smallest absolute Gasteiger partial charge is 0.243 e. The lowest BCUT2D eigenvalue weighted by Gasteiger charge is -2.53. The average Bonchev–Trinajstić information content (AvgIpc) is 3.30. The first kappa shape index (κ1) is 15.9. The molecule has 0 radical (unpaired) electrons. The van der Waals surface area contributed by atoms with E-state index in [1.165, 1.54) is 32.1 Å². The molecule has 23 heavy (non-hydrogen) atoms. The minimum atomic E-state index is -0.181. The molecule has 0 aromatic heterocycles. The summed E-state index contributed by atoms with van der Waals surface area (Å²) in [6, 6.07) is 0.437. The lowest BCUT2D eigenvalue weighted by atomic mass is 9.71. The van der Waals surface area contributed by atoms with Crippen LogP contribution in [0.2, 0.25) is 0 Å². The average molecular weight is 320 g/mol. The van der Waals surface area contributed by atoms with Crippen LogP contribution in [-0.2, 0) is 4.79 Å². The van der Waals surface area contributed by atoms with Crippen LogP contribution < -0.4 is 10.6 Å². The standard InChI is InChI=1S/C18H32N4O/c23-17-18(21-11-1-2-12-21,15-4-8-19-9-5-15)7-3-13-22(17)16-6-10-20-14-16/h15-16,19-20H,1-14H2. The third-order valence-corrected chi connectivity index (χ3v) is 6.75. The third kappa shape index (κ3) is 2.71. The summed E-state index contributed by atoms with van der Waals surface area (Å²) in [5, 5.41) is 6.94. The van der Waals surface area contributed by atoms with E-state index in [4.69, 9.17) is 0 Å². The molecule has 2 unspecified atom stereocenters. The summed E-state index contributed by atoms with van der Waals surface area (Å²) in [5.41, 5.74) is -0.181. The van der Waals surface area contributed by atoms with Gasteiger partial charge in [0.2, 0.25) is 5.91 Å². The van der Waals surface area contributed by atoms with E-state index in [0.29, 0.717) is 17.9 Å². The third-order valence-electron chi connectivity index (χ3n) is 6.75. The monoisotopic (exact) mass is 320 g/mol. The van der Waals surface area contributed by atoms with Gasteiger partial charge < -0.3 is 15.5 Å². The number of hydrogen-bond acceptors (Lipinski definition) is 4. The molecule has 1 amide bonds. The van der Waals surface area contributed by atoms with E-state index >= 15 is 0 Å². The highest BCUT2D eigenvalue weighted by Gasteiger charge is 2.54. The summed E-state index contributed by atoms with van der Waals surface area (Å²) in [6.07, 6.45) is 8.28. The molecule has 5 nitrogen and oxygen atoms in total. The normalized spacial score (nSPS) is 37.7. The van der Waals surface area contributed by atoms with Crippen molar-refractivity contribution in [1.82, 2.24) is 20.4 Å². The van der Waals surface area contributed by atoms with Gasteiger partial charge in [-0.1, -0.05) is 0 Å². The topological polar surface area (TPSA) is 47.6 Å². The zero-order chi connectivity index (χ0) is 15.7. The fourth-order valence-corrected chi connectivity index (χ4v) is 5.58. The molecule has 4 aliphatic heterocycles. The number of nitrogens with one attached hydrogen (secondary N) is 2. The Labute approximate surface area is 140 Å². The fraction of sp³-hybridized carbons (Fsp3) is 0.944. The van der Waals surface area contributed by atoms with Crippen molar-refractivity contribution in [2.24, 2.45) is 5.92 Å². The van der Waals surface area contributed by atoms with Crippen molar-refractivity contribution in [3.05, 3.63) is 0 Å². The molecule has 2 atom stereocenters. The Kier molecular flexibility index (Phi) is 4.61. The maximum Gasteiger partial charge on any atom is 0.243 e. The largest absolute Gasteiger partial charge is 0.337 e. The van der Waals surface area contributed by atoms with E-state index in [1.807, 2.05) is 0 Å². The van der Waals surface area contributed by atoms with Crippen molar-refractivity contribution < 1.29 is 4.79 Å². The summed E-state index contributed by atoms with van der Waals surface area (Å²) in [6.45, 7) is 7.47. The predicted octanol–water partition coefficient (Wildman–Crippen LogP) is 0.805. The fourth-order valence-electron chi connectivity index (χ4n) is 5.58. The zero-order valence-corrected chi connectivity index (χ0v) is 14.4. The number of nitrogens with zero attached hydrogens (tertiary/aromatic N) is 2. The van der Waals surface area contributed by atoms with Crippen LogP contribution in [0.5, 0.6) is 0 Å². The number of carbonyl (C=O) groups is 1. The molecule has 130 valence electrons. The van der Waals surface area contributed by atoms with Crippen molar-refractivity contribution >= 4 is 5.91 Å². The van der Waals surface area contributed by atoms with E-state index in [2.05, 4.69) is 20.4 Å². The molecular formula is C18H32N4O. The van der Waals surface area contributed by atoms with Crippen LogP contribution in [0.25, 0.3) is 0 Å². The Morgan fingerprint density at radius 1 is 0.913 bits per heavy atom. The Balaban J connectivity index is 1.63. The van der Waals surface area contributed by atoms with Gasteiger partial charge in [0.15, 0.2) is 0 Å². The van der Waals surface area contributed by atoms with Gasteiger partial charge in [-0.25, -0.2) is 0 Å². The molecule has 0 saturated carbocycles. The van der Waals surface area contributed by atoms with E-state index in [0.717, 1.165) is 58.7 Å². The van der Waals surface area contributed by atoms with E-state index in [-0.39, 0.29) is 5.54 Å². The number of likely N-dealkylation sites (tertiary alicyclic amines) is 2. The first-order valence-corrected chi connectivity index (χ1v) is 9.80. The molecule has 4 fully saturated rings. The van der Waals surface area contributed by atoms with Crippen molar-refractivity contribution in [2.75, 3.05) is 45.8 Å². The van der Waals surface area contributed by atoms with Gasteiger partial charge in [-0.3, -0.25) is 9.69 Å². The summed E-state index contributed by atoms with van der Waals surface area (Å²) in [5.74, 6) is 1.03. The molecule has 0 aromatic carbocycles. The van der Waals surface area contributed by atoms with Crippen LogP contribution in [0.15, 0.2) is 0 Å². The number of piperidine rings is 2. The molecule has 4 heterocycles. The highest BCUT2D eigenvalue weighted by Crippen LogP contribution is 2.42. The quantitative estimate of drug-likeness (QED) is 0.808. The van der Waals surface area contributed by atoms with Gasteiger partial charge in [0.05, 0.1) is 0 Å². The maximum absolute atomic E-state index is 13.8. The van der Waals surface area contributed by atoms with E-state index < -0.39 is 0 Å². The van der Waals surface area contributed by atoms with Crippen molar-refractivity contribution in [1.29, 1.82) is 0 Å². The van der Waals surface area contributed by atoms with E-state index in [9.17, 15) is 4.79 Å². The summed E-state index contributed by atoms with van der Waals surface area (Å²) < 4.78 is 0. The summed E-state index contributed by atoms with van der Waals surface area (Å²) >= 11 is 0. The number of amides is 1. The van der Waals surface area contributed by atoms with Crippen molar-refractivity contribution in [2.45, 2.75) is 56.5 Å². The summed E-state index contributed by atoms with van der Waals surface area (Å²) in [4.78, 5) is 18.6. The molecule has 0 aromatic rings. The van der Waals surface area contributed by atoms with Gasteiger partial charge in [-0.15, -0.1) is 0 Å². The Bertz CT molecular complexity index is 425. The molecule has 0 bridgehead atoms. The molecule has 2 N–H and O–H groups in total. The molecule has 5 heteroatoms. The second kappa shape index (κ2) is 6.69. The lowest BCUT2D eigenvalue weighted by Crippen LogP contribution is -2.68. The zero-order valence-electron chi connectivity index (χ0n) is 14.4. The molecule has 4 aliphatic rings. The second-order valence-corrected chi connectivity index (χ2v) is 7.89. The van der Waals surface area contributed by atoms with Crippen LogP contribution in [0, 0.1) is 5.92 Å². The van der Waals surface area contributed by atoms with Gasteiger partial charge in [0.1, 0.15) is 5.54 Å². The lowest BCUT2D eigenvalue weighted by molar-refractivity contribution is -0.157. The first-order chi connectivity index (χ1) is 11.3. The van der Waals surface area contributed by atoms with Crippen LogP contribution in [0.1, 0.15) is 44.9 Å². The van der Waals surface area contributed by atoms with E-state index in [1.54, 1.807) is 0 Å². The Morgan fingerprint density at radius 2 is 1.65 bits per heavy atom.